The molecule has 0 aliphatic carbocycles. The summed E-state index contributed by atoms with van der Waals surface area (Å²) in [6.45, 7) is 0. The third-order valence-corrected chi connectivity index (χ3v) is 5.60. The predicted octanol–water partition coefficient (Wildman–Crippen LogP) is 0.608. The maximum atomic E-state index is 9.08. The Labute approximate surface area is 68.6 Å². The van der Waals surface area contributed by atoms with Crippen molar-refractivity contribution in [2.45, 2.75) is 0 Å². The molecule has 46 valence electrons. The first-order valence-electron chi connectivity index (χ1n) is 2.67. The van der Waals surface area contributed by atoms with E-state index in [1.165, 1.54) is 0 Å². The third kappa shape index (κ3) is 1.80. The van der Waals surface area contributed by atoms with Crippen LogP contribution in [-0.4, -0.2) is 26.8 Å². The zero-order chi connectivity index (χ0) is 6.69. The van der Waals surface area contributed by atoms with Gasteiger partial charge in [-0.05, 0) is 0 Å². The standard InChI is InChI=1S/C6H5O.ClH.In.H/c7-6-4-2-1-3-5-6;;;/h1-4,7H;1H;;/q;;+1;/p-1. The first-order valence-corrected chi connectivity index (χ1v) is 9.80. The molecule has 0 fully saturated rings. The van der Waals surface area contributed by atoms with E-state index in [0.29, 0.717) is 5.75 Å². The molecule has 0 aliphatic rings. The molecule has 1 aromatic rings. The van der Waals surface area contributed by atoms with Crippen LogP contribution in [0.15, 0.2) is 24.3 Å². The molecule has 0 saturated heterocycles. The van der Waals surface area contributed by atoms with Gasteiger partial charge in [-0.1, -0.05) is 0 Å². The second-order valence-electron chi connectivity index (χ2n) is 1.76. The van der Waals surface area contributed by atoms with Crippen LogP contribution in [0.1, 0.15) is 0 Å². The summed E-state index contributed by atoms with van der Waals surface area (Å²) in [4.78, 5) is 0. The van der Waals surface area contributed by atoms with Gasteiger partial charge in [0, 0.05) is 0 Å². The van der Waals surface area contributed by atoms with Crippen molar-refractivity contribution in [2.24, 2.45) is 0 Å². The van der Waals surface area contributed by atoms with Crippen molar-refractivity contribution in [3.05, 3.63) is 24.3 Å². The van der Waals surface area contributed by atoms with Crippen molar-refractivity contribution in [3.8, 4) is 5.75 Å². The van der Waals surface area contributed by atoms with Gasteiger partial charge in [0.25, 0.3) is 0 Å². The Hall–Kier alpha value is 0.180. The van der Waals surface area contributed by atoms with Crippen molar-refractivity contribution in [2.75, 3.05) is 0 Å². The summed E-state index contributed by atoms with van der Waals surface area (Å²) in [6, 6.07) is 7.26. The molecule has 1 N–H and O–H groups in total. The van der Waals surface area contributed by atoms with E-state index in [1.54, 1.807) is 12.1 Å². The fourth-order valence-electron chi connectivity index (χ4n) is 0.624. The minimum absolute atomic E-state index is 0.364. The number of benzene rings is 1. The van der Waals surface area contributed by atoms with Gasteiger partial charge in [0.05, 0.1) is 0 Å². The van der Waals surface area contributed by atoms with E-state index < -0.39 is 21.7 Å². The average molecular weight is 244 g/mol. The summed E-state index contributed by atoms with van der Waals surface area (Å²) in [7, 11) is 5.68. The fourth-order valence-corrected chi connectivity index (χ4v) is 3.51. The molecule has 0 atom stereocenters. The second-order valence-corrected chi connectivity index (χ2v) is 6.49. The Kier molecular flexibility index (Phi) is 2.73. The first-order chi connectivity index (χ1) is 4.34. The number of rotatable bonds is 1. The number of phenolic OH excluding ortho intramolecular Hbond substituents is 1. The predicted molar refractivity (Wildman–Crippen MR) is 40.7 cm³/mol. The molecule has 3 heteroatoms. The Morgan fingerprint density at radius 1 is 1.33 bits per heavy atom. The molecule has 0 aromatic heterocycles. The van der Waals surface area contributed by atoms with Gasteiger partial charge in [-0.3, -0.25) is 0 Å². The van der Waals surface area contributed by atoms with E-state index in [4.69, 9.17) is 13.7 Å². The van der Waals surface area contributed by atoms with Gasteiger partial charge >= 0.3 is 68.7 Å². The number of hydrogen-bond acceptors (Lipinski definition) is 1. The van der Waals surface area contributed by atoms with Crippen LogP contribution in [0.2, 0.25) is 0 Å². The zero-order valence-corrected chi connectivity index (χ0v) is 9.63. The summed E-state index contributed by atoms with van der Waals surface area (Å²) in [6.07, 6.45) is 0. The molecule has 1 nitrogen and oxygen atoms in total. The zero-order valence-electron chi connectivity index (χ0n) is 4.84. The molecule has 0 aliphatic heterocycles. The third-order valence-electron chi connectivity index (χ3n) is 1.14. The molecule has 0 spiro atoms. The van der Waals surface area contributed by atoms with Gasteiger partial charge in [0.2, 0.25) is 0 Å². The molecule has 0 heterocycles. The molecule has 1 aromatic carbocycles. The average Bonchev–Trinajstić information content (AvgIpc) is 1.89. The van der Waals surface area contributed by atoms with Crippen LogP contribution in [-0.2, 0) is 0 Å². The summed E-state index contributed by atoms with van der Waals surface area (Å²) in [5.74, 6) is 0.364. The van der Waals surface area contributed by atoms with Crippen LogP contribution in [0.25, 0.3) is 0 Å². The molecule has 0 unspecified atom stereocenters. The Bertz CT molecular complexity index is 202. The van der Waals surface area contributed by atoms with Crippen molar-refractivity contribution in [1.29, 1.82) is 0 Å². The summed E-state index contributed by atoms with van der Waals surface area (Å²) in [5, 5.41) is 9.08. The fraction of sp³-hybridized carbons (Fsp3) is 0. The minimum atomic E-state index is -1.27. The van der Waals surface area contributed by atoms with Gasteiger partial charge in [0.15, 0.2) is 0 Å². The van der Waals surface area contributed by atoms with Crippen LogP contribution in [0.5, 0.6) is 5.75 Å². The van der Waals surface area contributed by atoms with E-state index in [9.17, 15) is 0 Å². The molecule has 1 rings (SSSR count). The summed E-state index contributed by atoms with van der Waals surface area (Å²) < 4.78 is 0.987. The number of halogens is 1. The van der Waals surface area contributed by atoms with Crippen molar-refractivity contribution in [3.63, 3.8) is 0 Å². The van der Waals surface area contributed by atoms with E-state index >= 15 is 0 Å². The van der Waals surface area contributed by atoms with Crippen molar-refractivity contribution in [1.82, 2.24) is 0 Å². The number of aromatic hydroxyl groups is 1. The monoisotopic (exact) mass is 244 g/mol. The van der Waals surface area contributed by atoms with E-state index in [2.05, 4.69) is 0 Å². The Morgan fingerprint density at radius 3 is 2.44 bits per heavy atom. The Morgan fingerprint density at radius 2 is 2.00 bits per heavy atom. The normalized spacial score (nSPS) is 9.00. The molecule has 0 radical (unpaired) electrons. The van der Waals surface area contributed by atoms with Gasteiger partial charge in [-0.2, -0.15) is 0 Å². The van der Waals surface area contributed by atoms with Crippen LogP contribution in [0.3, 0.4) is 0 Å². The van der Waals surface area contributed by atoms with E-state index in [0.717, 1.165) is 3.32 Å². The topological polar surface area (TPSA) is 20.2 Å². The molecule has 0 bridgehead atoms. The quantitative estimate of drug-likeness (QED) is 0.767. The number of hydrogen-bond donors (Lipinski definition) is 1. The first kappa shape index (κ1) is 7.29. The van der Waals surface area contributed by atoms with Crippen LogP contribution < -0.4 is 3.32 Å². The van der Waals surface area contributed by atoms with Gasteiger partial charge in [-0.25, -0.2) is 0 Å². The second kappa shape index (κ2) is 3.37. The molecule has 0 saturated carbocycles. The number of para-hydroxylation sites is 1. The van der Waals surface area contributed by atoms with Gasteiger partial charge in [-0.15, -0.1) is 0 Å². The SMILES string of the molecule is Oc1cccc[c]1[InH][Cl]. The summed E-state index contributed by atoms with van der Waals surface area (Å²) >= 11 is -1.27. The van der Waals surface area contributed by atoms with Gasteiger partial charge in [0.1, 0.15) is 0 Å². The van der Waals surface area contributed by atoms with Gasteiger partial charge < -0.3 is 0 Å². The Balaban J connectivity index is 3.01. The van der Waals surface area contributed by atoms with Crippen LogP contribution in [0, 0.1) is 0 Å². The molecule has 9 heavy (non-hydrogen) atoms. The molecule has 0 amide bonds. The number of phenols is 1. The van der Waals surface area contributed by atoms with E-state index in [1.807, 2.05) is 12.1 Å². The van der Waals surface area contributed by atoms with Crippen molar-refractivity contribution < 1.29 is 5.11 Å². The molecular weight excluding hydrogens is 238 g/mol. The van der Waals surface area contributed by atoms with Crippen LogP contribution in [0.4, 0.5) is 0 Å². The maximum absolute atomic E-state index is 9.08. The van der Waals surface area contributed by atoms with Crippen molar-refractivity contribution >= 4 is 33.6 Å². The van der Waals surface area contributed by atoms with Crippen LogP contribution >= 0.6 is 8.58 Å². The summed E-state index contributed by atoms with van der Waals surface area (Å²) in [5.41, 5.74) is 0. The molecular formula is C6H6ClInO. The van der Waals surface area contributed by atoms with E-state index in [-0.39, 0.29) is 0 Å².